The third-order valence-electron chi connectivity index (χ3n) is 4.95. The van der Waals surface area contributed by atoms with E-state index in [9.17, 15) is 4.79 Å². The van der Waals surface area contributed by atoms with Crippen LogP contribution in [0, 0.1) is 13.8 Å². The van der Waals surface area contributed by atoms with Gasteiger partial charge in [0.2, 0.25) is 5.91 Å². The second kappa shape index (κ2) is 6.64. The lowest BCUT2D eigenvalue weighted by atomic mass is 9.66. The van der Waals surface area contributed by atoms with Crippen LogP contribution in [0.4, 0.5) is 5.82 Å². The summed E-state index contributed by atoms with van der Waals surface area (Å²) in [4.78, 5) is 12.8. The fraction of sp³-hybridized carbons (Fsp3) is 0.500. The molecule has 1 aromatic heterocycles. The van der Waals surface area contributed by atoms with Gasteiger partial charge in [0.15, 0.2) is 5.82 Å². The summed E-state index contributed by atoms with van der Waals surface area (Å²) in [7, 11) is 0. The average Bonchev–Trinajstić information content (AvgIpc) is 2.91. The summed E-state index contributed by atoms with van der Waals surface area (Å²) >= 11 is 0. The van der Waals surface area contributed by atoms with E-state index in [1.54, 1.807) is 13.0 Å². The molecule has 2 aromatic rings. The maximum atomic E-state index is 12.8. The van der Waals surface area contributed by atoms with Crippen molar-refractivity contribution >= 4 is 11.7 Å². The molecular weight excluding hydrogens is 316 g/mol. The van der Waals surface area contributed by atoms with E-state index in [0.717, 1.165) is 12.8 Å². The van der Waals surface area contributed by atoms with Crippen molar-refractivity contribution in [2.75, 3.05) is 11.9 Å². The summed E-state index contributed by atoms with van der Waals surface area (Å²) in [6, 6.07) is 10.1. The minimum Gasteiger partial charge on any atom is -0.376 e. The molecule has 0 radical (unpaired) electrons. The summed E-state index contributed by atoms with van der Waals surface area (Å²) in [5.41, 5.74) is 1.95. The van der Waals surface area contributed by atoms with Gasteiger partial charge in [0.05, 0.1) is 5.60 Å². The highest BCUT2D eigenvalue weighted by molar-refractivity contribution is 5.90. The standard InChI is InChI=1S/C20H26N2O3/c1-14-7-5-6-8-16(14)20(9-10-24-19(3,4)13-20)12-18(23)21-17-11-15(2)25-22-17/h5-8,11H,9-10,12-13H2,1-4H3,(H,21,22,23). The van der Waals surface area contributed by atoms with Crippen molar-refractivity contribution in [2.45, 2.75) is 58.0 Å². The summed E-state index contributed by atoms with van der Waals surface area (Å²) in [5, 5.41) is 6.73. The molecule has 1 fully saturated rings. The number of carbonyl (C=O) groups excluding carboxylic acids is 1. The van der Waals surface area contributed by atoms with Gasteiger partial charge in [-0.05, 0) is 51.7 Å². The molecule has 1 unspecified atom stereocenters. The normalized spacial score (nSPS) is 22.6. The van der Waals surface area contributed by atoms with Crippen molar-refractivity contribution < 1.29 is 14.1 Å². The Hall–Kier alpha value is -2.14. The zero-order valence-electron chi connectivity index (χ0n) is 15.4. The van der Waals surface area contributed by atoms with Crippen molar-refractivity contribution in [1.29, 1.82) is 0 Å². The number of ether oxygens (including phenoxy) is 1. The van der Waals surface area contributed by atoms with Gasteiger partial charge >= 0.3 is 0 Å². The molecule has 25 heavy (non-hydrogen) atoms. The van der Waals surface area contributed by atoms with Crippen LogP contribution in [0.5, 0.6) is 0 Å². The number of anilines is 1. The molecule has 1 atom stereocenters. The highest BCUT2D eigenvalue weighted by Gasteiger charge is 2.44. The first-order valence-corrected chi connectivity index (χ1v) is 8.73. The lowest BCUT2D eigenvalue weighted by Crippen LogP contribution is -2.46. The van der Waals surface area contributed by atoms with Crippen LogP contribution in [-0.2, 0) is 14.9 Å². The Morgan fingerprint density at radius 3 is 2.68 bits per heavy atom. The Balaban J connectivity index is 1.89. The molecule has 5 heteroatoms. The summed E-state index contributed by atoms with van der Waals surface area (Å²) in [5.74, 6) is 1.10. The third kappa shape index (κ3) is 3.93. The van der Waals surface area contributed by atoms with Crippen LogP contribution in [0.1, 0.15) is 50.0 Å². The lowest BCUT2D eigenvalue weighted by molar-refractivity contribution is -0.122. The molecule has 1 aliphatic rings. The molecule has 1 aliphatic heterocycles. The van der Waals surface area contributed by atoms with Gasteiger partial charge in [-0.3, -0.25) is 4.79 Å². The van der Waals surface area contributed by atoms with E-state index in [1.807, 2.05) is 12.1 Å². The molecule has 1 amide bonds. The number of benzene rings is 1. The summed E-state index contributed by atoms with van der Waals surface area (Å²) in [6.07, 6.45) is 2.03. The molecule has 0 bridgehead atoms. The molecule has 1 N–H and O–H groups in total. The first-order chi connectivity index (χ1) is 11.8. The molecular formula is C20H26N2O3. The number of carbonyl (C=O) groups is 1. The maximum Gasteiger partial charge on any atom is 0.226 e. The smallest absolute Gasteiger partial charge is 0.226 e. The van der Waals surface area contributed by atoms with Crippen molar-refractivity contribution in [2.24, 2.45) is 0 Å². The highest BCUT2D eigenvalue weighted by Crippen LogP contribution is 2.45. The van der Waals surface area contributed by atoms with Gasteiger partial charge in [-0.15, -0.1) is 0 Å². The van der Waals surface area contributed by atoms with Crippen LogP contribution >= 0.6 is 0 Å². The van der Waals surface area contributed by atoms with E-state index < -0.39 is 0 Å². The van der Waals surface area contributed by atoms with E-state index in [-0.39, 0.29) is 16.9 Å². The number of aryl methyl sites for hydroxylation is 2. The van der Waals surface area contributed by atoms with E-state index in [1.165, 1.54) is 11.1 Å². The molecule has 1 saturated heterocycles. The molecule has 2 heterocycles. The minimum atomic E-state index is -0.259. The highest BCUT2D eigenvalue weighted by atomic mass is 16.5. The van der Waals surface area contributed by atoms with E-state index in [4.69, 9.17) is 9.26 Å². The predicted molar refractivity (Wildman–Crippen MR) is 96.6 cm³/mol. The summed E-state index contributed by atoms with van der Waals surface area (Å²) < 4.78 is 11.0. The van der Waals surface area contributed by atoms with Gasteiger partial charge in [-0.1, -0.05) is 29.4 Å². The predicted octanol–water partition coefficient (Wildman–Crippen LogP) is 4.15. The van der Waals surface area contributed by atoms with Crippen molar-refractivity contribution in [1.82, 2.24) is 5.16 Å². The average molecular weight is 342 g/mol. The third-order valence-corrected chi connectivity index (χ3v) is 4.95. The van der Waals surface area contributed by atoms with Gasteiger partial charge in [0.1, 0.15) is 5.76 Å². The summed E-state index contributed by atoms with van der Waals surface area (Å²) in [6.45, 7) is 8.75. The van der Waals surface area contributed by atoms with Crippen LogP contribution < -0.4 is 5.32 Å². The fourth-order valence-corrected chi connectivity index (χ4v) is 4.04. The zero-order valence-corrected chi connectivity index (χ0v) is 15.4. The number of aromatic nitrogens is 1. The number of amides is 1. The molecule has 1 aromatic carbocycles. The van der Waals surface area contributed by atoms with Crippen molar-refractivity contribution in [3.63, 3.8) is 0 Å². The van der Waals surface area contributed by atoms with Crippen LogP contribution in [0.15, 0.2) is 34.9 Å². The molecule has 134 valence electrons. The number of nitrogens with zero attached hydrogens (tertiary/aromatic N) is 1. The van der Waals surface area contributed by atoms with Gasteiger partial charge in [0.25, 0.3) is 0 Å². The SMILES string of the molecule is Cc1cc(NC(=O)CC2(c3ccccc3C)CCOC(C)(C)C2)no1. The van der Waals surface area contributed by atoms with Crippen molar-refractivity contribution in [3.8, 4) is 0 Å². The lowest BCUT2D eigenvalue weighted by Gasteiger charge is -2.45. The van der Waals surface area contributed by atoms with Crippen LogP contribution in [-0.4, -0.2) is 23.3 Å². The first kappa shape index (κ1) is 17.7. The van der Waals surface area contributed by atoms with Gasteiger partial charge in [0, 0.05) is 24.5 Å². The largest absolute Gasteiger partial charge is 0.376 e. The Bertz CT molecular complexity index is 766. The Morgan fingerprint density at radius 1 is 1.28 bits per heavy atom. The number of rotatable bonds is 4. The molecule has 0 aliphatic carbocycles. The van der Waals surface area contributed by atoms with Gasteiger partial charge < -0.3 is 14.6 Å². The Morgan fingerprint density at radius 2 is 2.04 bits per heavy atom. The Labute approximate surface area is 148 Å². The van der Waals surface area contributed by atoms with Crippen LogP contribution in [0.3, 0.4) is 0 Å². The topological polar surface area (TPSA) is 64.4 Å². The minimum absolute atomic E-state index is 0.0470. The van der Waals surface area contributed by atoms with Crippen molar-refractivity contribution in [3.05, 3.63) is 47.2 Å². The molecule has 0 spiro atoms. The van der Waals surface area contributed by atoms with E-state index in [2.05, 4.69) is 43.4 Å². The number of nitrogens with one attached hydrogen (secondary N) is 1. The Kier molecular flexibility index (Phi) is 4.69. The van der Waals surface area contributed by atoms with E-state index in [0.29, 0.717) is 24.6 Å². The number of hydrogen-bond acceptors (Lipinski definition) is 4. The van der Waals surface area contributed by atoms with Crippen LogP contribution in [0.25, 0.3) is 0 Å². The van der Waals surface area contributed by atoms with Gasteiger partial charge in [-0.2, -0.15) is 0 Å². The van der Waals surface area contributed by atoms with Gasteiger partial charge in [-0.25, -0.2) is 0 Å². The second-order valence-corrected chi connectivity index (χ2v) is 7.68. The number of hydrogen-bond donors (Lipinski definition) is 1. The monoisotopic (exact) mass is 342 g/mol. The molecule has 0 saturated carbocycles. The first-order valence-electron chi connectivity index (χ1n) is 8.73. The fourth-order valence-electron chi connectivity index (χ4n) is 4.04. The quantitative estimate of drug-likeness (QED) is 0.906. The maximum absolute atomic E-state index is 12.8. The van der Waals surface area contributed by atoms with Crippen LogP contribution in [0.2, 0.25) is 0 Å². The molecule has 3 rings (SSSR count). The molecule has 5 nitrogen and oxygen atoms in total. The van der Waals surface area contributed by atoms with E-state index >= 15 is 0 Å². The zero-order chi connectivity index (χ0) is 18.1. The second-order valence-electron chi connectivity index (χ2n) is 7.68.